The molecule has 0 bridgehead atoms. The van der Waals surface area contributed by atoms with Crippen LogP contribution < -0.4 is 5.32 Å². The summed E-state index contributed by atoms with van der Waals surface area (Å²) in [6.07, 6.45) is 0.613. The Hall–Kier alpha value is -3.55. The number of aliphatic carboxylic acids is 1. The van der Waals surface area contributed by atoms with Crippen molar-refractivity contribution < 1.29 is 18.9 Å². The smallest absolute Gasteiger partial charge is 0.353 e. The number of carbonyl (C=O) groups is 2. The molecule has 1 amide bonds. The molecule has 1 saturated heterocycles. The first kappa shape index (κ1) is 23.2. The van der Waals surface area contributed by atoms with Crippen LogP contribution in [0, 0.1) is 0 Å². The second-order valence-corrected chi connectivity index (χ2v) is 10.6. The quantitative estimate of drug-likeness (QED) is 0.372. The van der Waals surface area contributed by atoms with Crippen molar-refractivity contribution in [3.05, 3.63) is 118 Å². The molecule has 3 aromatic rings. The second kappa shape index (κ2) is 9.24. The molecular formula is C28H26N2O4S. The molecule has 5 rings (SSSR count). The van der Waals surface area contributed by atoms with Gasteiger partial charge in [-0.15, -0.1) is 0 Å². The normalized spacial score (nSPS) is 19.2. The number of β-lactam (4-membered cyclic amide) rings is 1. The fourth-order valence-corrected chi connectivity index (χ4v) is 6.63. The van der Waals surface area contributed by atoms with Crippen LogP contribution in [0.15, 0.2) is 102 Å². The number of amides is 1. The summed E-state index contributed by atoms with van der Waals surface area (Å²) in [5, 5.41) is 12.8. The number of carboxylic acids is 1. The largest absolute Gasteiger partial charge is 0.477 e. The summed E-state index contributed by atoms with van der Waals surface area (Å²) in [7, 11) is -1.68. The maximum atomic E-state index is 13.8. The Kier molecular flexibility index (Phi) is 6.13. The van der Waals surface area contributed by atoms with Gasteiger partial charge in [0.1, 0.15) is 5.70 Å². The van der Waals surface area contributed by atoms with Gasteiger partial charge in [0.15, 0.2) is 0 Å². The number of carbonyl (C=O) groups excluding carboxylic acids is 1. The third-order valence-corrected chi connectivity index (χ3v) is 8.38. The first-order chi connectivity index (χ1) is 16.9. The average molecular weight is 487 g/mol. The molecule has 178 valence electrons. The summed E-state index contributed by atoms with van der Waals surface area (Å²) in [6, 6.07) is 29.7. The van der Waals surface area contributed by atoms with Crippen molar-refractivity contribution in [2.45, 2.75) is 36.7 Å². The van der Waals surface area contributed by atoms with E-state index in [1.54, 1.807) is 0 Å². The van der Waals surface area contributed by atoms with Crippen molar-refractivity contribution in [3.8, 4) is 0 Å². The molecule has 6 nitrogen and oxygen atoms in total. The number of nitrogens with one attached hydrogen (secondary N) is 1. The van der Waals surface area contributed by atoms with E-state index in [2.05, 4.69) is 5.32 Å². The third-order valence-electron chi connectivity index (χ3n) is 6.78. The number of hydrogen-bond donors (Lipinski definition) is 2. The van der Waals surface area contributed by atoms with E-state index < -0.39 is 27.7 Å². The van der Waals surface area contributed by atoms with Crippen molar-refractivity contribution >= 4 is 22.7 Å². The van der Waals surface area contributed by atoms with Crippen LogP contribution in [0.25, 0.3) is 0 Å². The van der Waals surface area contributed by atoms with E-state index in [1.807, 2.05) is 97.9 Å². The molecule has 2 N–H and O–H groups in total. The van der Waals surface area contributed by atoms with Crippen LogP contribution in [0.2, 0.25) is 0 Å². The van der Waals surface area contributed by atoms with Crippen molar-refractivity contribution in [3.63, 3.8) is 0 Å². The molecule has 3 atom stereocenters. The highest BCUT2D eigenvalue weighted by Crippen LogP contribution is 2.42. The standard InChI is InChI=1S/C28H26N2O4S/c1-19(35(34)24-17-23-18-25(31)30(23)26(24)27(32)33)29-28(20-11-5-2-6-12-20,21-13-7-3-8-14-21)22-15-9-4-10-16-22/h2-16,19,23,29H,17-18H2,1H3,(H,32,33). The zero-order chi connectivity index (χ0) is 24.6. The predicted molar refractivity (Wildman–Crippen MR) is 134 cm³/mol. The van der Waals surface area contributed by atoms with Crippen LogP contribution in [-0.4, -0.2) is 37.5 Å². The summed E-state index contributed by atoms with van der Waals surface area (Å²) in [5.41, 5.74) is 1.96. The van der Waals surface area contributed by atoms with Gasteiger partial charge in [0.2, 0.25) is 5.91 Å². The Morgan fingerprint density at radius 1 is 0.914 bits per heavy atom. The van der Waals surface area contributed by atoms with E-state index >= 15 is 0 Å². The summed E-state index contributed by atoms with van der Waals surface area (Å²) in [4.78, 5) is 25.7. The van der Waals surface area contributed by atoms with Gasteiger partial charge in [-0.3, -0.25) is 14.3 Å². The molecule has 2 aliphatic heterocycles. The molecule has 0 radical (unpaired) electrons. The molecule has 2 heterocycles. The summed E-state index contributed by atoms with van der Waals surface area (Å²) in [6.45, 7) is 1.81. The lowest BCUT2D eigenvalue weighted by atomic mass is 9.77. The lowest BCUT2D eigenvalue weighted by Crippen LogP contribution is -2.50. The number of rotatable bonds is 8. The monoisotopic (exact) mass is 486 g/mol. The Morgan fingerprint density at radius 2 is 1.37 bits per heavy atom. The Morgan fingerprint density at radius 3 is 1.77 bits per heavy atom. The third kappa shape index (κ3) is 3.90. The highest BCUT2D eigenvalue weighted by Gasteiger charge is 2.50. The SMILES string of the molecule is CC(NC(c1ccccc1)(c1ccccc1)c1ccccc1)S(=O)C1=C(C(=O)O)N2C(=O)CC2C1. The lowest BCUT2D eigenvalue weighted by molar-refractivity contribution is -0.147. The van der Waals surface area contributed by atoms with Crippen LogP contribution in [-0.2, 0) is 25.9 Å². The average Bonchev–Trinajstić information content (AvgIpc) is 3.21. The highest BCUT2D eigenvalue weighted by molar-refractivity contribution is 7.89. The van der Waals surface area contributed by atoms with E-state index in [1.165, 1.54) is 4.90 Å². The second-order valence-electron chi connectivity index (χ2n) is 8.83. The number of carboxylic acid groups (broad SMARTS) is 1. The van der Waals surface area contributed by atoms with Crippen LogP contribution in [0.1, 0.15) is 36.5 Å². The molecule has 3 unspecified atom stereocenters. The van der Waals surface area contributed by atoms with Crippen LogP contribution in [0.5, 0.6) is 0 Å². The zero-order valence-electron chi connectivity index (χ0n) is 19.3. The van der Waals surface area contributed by atoms with Gasteiger partial charge in [-0.2, -0.15) is 0 Å². The van der Waals surface area contributed by atoms with E-state index in [0.717, 1.165) is 16.7 Å². The minimum atomic E-state index is -1.68. The Balaban J connectivity index is 1.62. The molecular weight excluding hydrogens is 460 g/mol. The van der Waals surface area contributed by atoms with Gasteiger partial charge >= 0.3 is 5.97 Å². The number of benzene rings is 3. The molecule has 2 aliphatic rings. The summed E-state index contributed by atoms with van der Waals surface area (Å²) >= 11 is 0. The molecule has 3 aromatic carbocycles. The number of nitrogens with zero attached hydrogens (tertiary/aromatic N) is 1. The van der Waals surface area contributed by atoms with E-state index in [9.17, 15) is 18.9 Å². The molecule has 35 heavy (non-hydrogen) atoms. The van der Waals surface area contributed by atoms with Gasteiger partial charge in [-0.25, -0.2) is 4.79 Å². The zero-order valence-corrected chi connectivity index (χ0v) is 20.1. The predicted octanol–water partition coefficient (Wildman–Crippen LogP) is 3.96. The van der Waals surface area contributed by atoms with Gasteiger partial charge in [0.25, 0.3) is 0 Å². The first-order valence-corrected chi connectivity index (χ1v) is 12.8. The molecule has 0 aliphatic carbocycles. The molecule has 0 aromatic heterocycles. The van der Waals surface area contributed by atoms with Crippen molar-refractivity contribution in [1.82, 2.24) is 10.2 Å². The molecule has 7 heteroatoms. The topological polar surface area (TPSA) is 86.7 Å². The summed E-state index contributed by atoms with van der Waals surface area (Å²) in [5.74, 6) is -1.44. The number of fused-ring (bicyclic) bond motifs is 1. The fraction of sp³-hybridized carbons (Fsp3) is 0.214. The van der Waals surface area contributed by atoms with Crippen molar-refractivity contribution in [2.24, 2.45) is 0 Å². The highest BCUT2D eigenvalue weighted by atomic mass is 32.2. The van der Waals surface area contributed by atoms with Crippen LogP contribution in [0.3, 0.4) is 0 Å². The maximum absolute atomic E-state index is 13.8. The Labute approximate surface area is 206 Å². The Bertz CT molecular complexity index is 1210. The molecule has 1 fully saturated rings. The fourth-order valence-electron chi connectivity index (χ4n) is 5.18. The van der Waals surface area contributed by atoms with Crippen LogP contribution in [0.4, 0.5) is 0 Å². The molecule has 0 spiro atoms. The minimum absolute atomic E-state index is 0.122. The lowest BCUT2D eigenvalue weighted by Gasteiger charge is -2.39. The van der Waals surface area contributed by atoms with Crippen LogP contribution >= 0.6 is 0 Å². The van der Waals surface area contributed by atoms with E-state index in [0.29, 0.717) is 17.7 Å². The number of hydrogen-bond acceptors (Lipinski definition) is 4. The van der Waals surface area contributed by atoms with Gasteiger partial charge in [-0.1, -0.05) is 91.0 Å². The van der Waals surface area contributed by atoms with E-state index in [4.69, 9.17) is 0 Å². The van der Waals surface area contributed by atoms with Gasteiger partial charge in [-0.05, 0) is 23.6 Å². The van der Waals surface area contributed by atoms with Crippen molar-refractivity contribution in [1.29, 1.82) is 0 Å². The summed E-state index contributed by atoms with van der Waals surface area (Å²) < 4.78 is 13.8. The van der Waals surface area contributed by atoms with E-state index in [-0.39, 0.29) is 17.6 Å². The maximum Gasteiger partial charge on any atom is 0.353 e. The van der Waals surface area contributed by atoms with Crippen molar-refractivity contribution in [2.75, 3.05) is 0 Å². The first-order valence-electron chi connectivity index (χ1n) is 11.6. The van der Waals surface area contributed by atoms with Gasteiger partial charge < -0.3 is 10.0 Å². The van der Waals surface area contributed by atoms with Gasteiger partial charge in [0.05, 0.1) is 32.7 Å². The molecule has 0 saturated carbocycles. The van der Waals surface area contributed by atoms with Gasteiger partial charge in [0, 0.05) is 12.8 Å². The minimum Gasteiger partial charge on any atom is -0.477 e.